The van der Waals surface area contributed by atoms with E-state index in [0.29, 0.717) is 5.75 Å². The number of nitrogens with zero attached hydrogens (tertiary/aromatic N) is 1. The highest BCUT2D eigenvalue weighted by molar-refractivity contribution is 7.99. The van der Waals surface area contributed by atoms with Crippen LogP contribution in [0, 0.1) is 10.1 Å². The third-order valence-electron chi connectivity index (χ3n) is 4.22. The molecule has 0 aromatic carbocycles. The smallest absolute Gasteiger partial charge is 0.227 e. The zero-order chi connectivity index (χ0) is 22.2. The van der Waals surface area contributed by atoms with Crippen LogP contribution in [0.25, 0.3) is 0 Å². The van der Waals surface area contributed by atoms with Gasteiger partial charge in [-0.2, -0.15) is 11.8 Å². The molecule has 0 aliphatic carbocycles. The van der Waals surface area contributed by atoms with Crippen molar-refractivity contribution in [1.29, 1.82) is 0 Å². The van der Waals surface area contributed by atoms with Crippen LogP contribution in [-0.2, 0) is 4.79 Å². The molecule has 0 saturated carbocycles. The summed E-state index contributed by atoms with van der Waals surface area (Å²) in [5.74, 6) is 0.637. The zero-order valence-corrected chi connectivity index (χ0v) is 19.0. The van der Waals surface area contributed by atoms with Gasteiger partial charge >= 0.3 is 0 Å². The van der Waals surface area contributed by atoms with E-state index in [-0.39, 0.29) is 12.2 Å². The molecule has 1 amide bonds. The highest BCUT2D eigenvalue weighted by Gasteiger charge is 2.16. The third kappa shape index (κ3) is 16.6. The number of carbonyl (C=O) groups excluding carboxylic acids is 1. The number of aliphatic hydroxyl groups excluding tert-OH is 1. The second-order valence-corrected chi connectivity index (χ2v) is 8.49. The summed E-state index contributed by atoms with van der Waals surface area (Å²) < 4.78 is 0. The fourth-order valence-corrected chi connectivity index (χ4v) is 3.46. The number of allylic oxidation sites excluding steroid dienone is 5. The van der Waals surface area contributed by atoms with E-state index in [1.54, 1.807) is 11.8 Å². The van der Waals surface area contributed by atoms with Gasteiger partial charge in [0.05, 0.1) is 12.5 Å². The molecule has 6 nitrogen and oxygen atoms in total. The Bertz CT molecular complexity index is 635. The molecular weight excluding hydrogens is 388 g/mol. The molecule has 164 valence electrons. The van der Waals surface area contributed by atoms with E-state index in [1.165, 1.54) is 16.7 Å². The molecule has 2 N–H and O–H groups in total. The highest BCUT2D eigenvalue weighted by atomic mass is 32.2. The molecule has 0 rings (SSSR count). The molecule has 1 atom stereocenters. The van der Waals surface area contributed by atoms with E-state index in [4.69, 9.17) is 0 Å². The molecule has 0 spiro atoms. The summed E-state index contributed by atoms with van der Waals surface area (Å²) in [6, 6.07) is -0.598. The van der Waals surface area contributed by atoms with Gasteiger partial charge < -0.3 is 10.4 Å². The van der Waals surface area contributed by atoms with E-state index in [9.17, 15) is 20.0 Å². The summed E-state index contributed by atoms with van der Waals surface area (Å²) in [6.07, 6.45) is 10.7. The molecule has 0 aromatic heterocycles. The van der Waals surface area contributed by atoms with Crippen molar-refractivity contribution in [2.75, 3.05) is 18.1 Å². The minimum absolute atomic E-state index is 0.138. The van der Waals surface area contributed by atoms with E-state index in [2.05, 4.69) is 57.8 Å². The lowest BCUT2D eigenvalue weighted by Crippen LogP contribution is -2.38. The van der Waals surface area contributed by atoms with Crippen LogP contribution in [0.5, 0.6) is 0 Å². The van der Waals surface area contributed by atoms with Crippen LogP contribution in [0.3, 0.4) is 0 Å². The first kappa shape index (κ1) is 27.0. The van der Waals surface area contributed by atoms with Gasteiger partial charge in [0, 0.05) is 16.4 Å². The normalized spacial score (nSPS) is 13.0. The van der Waals surface area contributed by atoms with Gasteiger partial charge in [-0.3, -0.25) is 14.9 Å². The summed E-state index contributed by atoms with van der Waals surface area (Å²) in [5, 5.41) is 22.5. The second-order valence-electron chi connectivity index (χ2n) is 7.42. The molecule has 0 aliphatic rings. The van der Waals surface area contributed by atoms with Crippen molar-refractivity contribution in [3.63, 3.8) is 0 Å². The van der Waals surface area contributed by atoms with Crippen LogP contribution in [-0.4, -0.2) is 40.0 Å². The van der Waals surface area contributed by atoms with E-state index in [0.717, 1.165) is 31.4 Å². The number of aliphatic hydroxyl groups is 1. The Balaban J connectivity index is 4.20. The monoisotopic (exact) mass is 424 g/mol. The third-order valence-corrected chi connectivity index (χ3v) is 5.19. The molecule has 7 heteroatoms. The van der Waals surface area contributed by atoms with Crippen molar-refractivity contribution in [2.24, 2.45) is 0 Å². The predicted octanol–water partition coefficient (Wildman–Crippen LogP) is 5.36. The predicted molar refractivity (Wildman–Crippen MR) is 123 cm³/mol. The number of rotatable bonds is 15. The van der Waals surface area contributed by atoms with Gasteiger partial charge in [0.1, 0.15) is 5.76 Å². The standard InChI is InChI=1S/C22H36N2O4S/c1-17(2)8-6-9-18(3)10-7-11-19(4)13-15-29-16-21(20(5)25)23-22(26)12-14-24(27)28/h8,10,13,21,25H,5-7,9,11-12,14-16H2,1-4H3,(H,23,26)/b18-10+,19-13+. The summed E-state index contributed by atoms with van der Waals surface area (Å²) in [7, 11) is 0. The van der Waals surface area contributed by atoms with Crippen LogP contribution < -0.4 is 5.32 Å². The minimum atomic E-state index is -0.598. The van der Waals surface area contributed by atoms with Crippen LogP contribution >= 0.6 is 11.8 Å². The lowest BCUT2D eigenvalue weighted by Gasteiger charge is -2.16. The van der Waals surface area contributed by atoms with Gasteiger partial charge in [0.15, 0.2) is 0 Å². The summed E-state index contributed by atoms with van der Waals surface area (Å²) in [5.41, 5.74) is 4.08. The van der Waals surface area contributed by atoms with Gasteiger partial charge in [-0.1, -0.05) is 41.5 Å². The summed E-state index contributed by atoms with van der Waals surface area (Å²) in [6.45, 7) is 11.6. The van der Waals surface area contributed by atoms with Crippen molar-refractivity contribution in [3.8, 4) is 0 Å². The van der Waals surface area contributed by atoms with E-state index in [1.807, 2.05) is 0 Å². The minimum Gasteiger partial charge on any atom is -0.511 e. The topological polar surface area (TPSA) is 92.5 Å². The van der Waals surface area contributed by atoms with Gasteiger partial charge in [0.25, 0.3) is 0 Å². The van der Waals surface area contributed by atoms with Gasteiger partial charge in [-0.05, 0) is 53.4 Å². The number of nitro groups is 1. The molecule has 0 bridgehead atoms. The number of amides is 1. The first-order chi connectivity index (χ1) is 13.6. The number of carbonyl (C=O) groups is 1. The lowest BCUT2D eigenvalue weighted by molar-refractivity contribution is -0.478. The molecule has 0 aliphatic heterocycles. The number of nitrogens with one attached hydrogen (secondary N) is 1. The average molecular weight is 425 g/mol. The Labute approximate surface area is 179 Å². The Morgan fingerprint density at radius 1 is 1.10 bits per heavy atom. The summed E-state index contributed by atoms with van der Waals surface area (Å²) >= 11 is 1.57. The molecule has 1 unspecified atom stereocenters. The van der Waals surface area contributed by atoms with Gasteiger partial charge in [-0.25, -0.2) is 0 Å². The second kappa shape index (κ2) is 15.9. The first-order valence-electron chi connectivity index (χ1n) is 9.93. The fraction of sp³-hybridized carbons (Fsp3) is 0.591. The molecule has 0 heterocycles. The Kier molecular flexibility index (Phi) is 14.7. The number of thioether (sulfide) groups is 1. The molecule has 0 aromatic rings. The quantitative estimate of drug-likeness (QED) is 0.121. The average Bonchev–Trinajstić information content (AvgIpc) is 2.61. The van der Waals surface area contributed by atoms with E-state index < -0.39 is 23.4 Å². The maximum absolute atomic E-state index is 11.7. The molecule has 29 heavy (non-hydrogen) atoms. The molecule has 0 saturated heterocycles. The van der Waals surface area contributed by atoms with Crippen LogP contribution in [0.1, 0.15) is 59.8 Å². The van der Waals surface area contributed by atoms with Crippen molar-refractivity contribution < 1.29 is 14.8 Å². The van der Waals surface area contributed by atoms with Crippen molar-refractivity contribution in [3.05, 3.63) is 57.4 Å². The van der Waals surface area contributed by atoms with Crippen LogP contribution in [0.4, 0.5) is 0 Å². The van der Waals surface area contributed by atoms with Crippen LogP contribution in [0.2, 0.25) is 0 Å². The van der Waals surface area contributed by atoms with Crippen molar-refractivity contribution in [1.82, 2.24) is 5.32 Å². The summed E-state index contributed by atoms with van der Waals surface area (Å²) in [4.78, 5) is 21.5. The fourth-order valence-electron chi connectivity index (χ4n) is 2.41. The Morgan fingerprint density at radius 3 is 2.24 bits per heavy atom. The van der Waals surface area contributed by atoms with Gasteiger partial charge in [0.2, 0.25) is 12.5 Å². The van der Waals surface area contributed by atoms with Crippen molar-refractivity contribution >= 4 is 17.7 Å². The van der Waals surface area contributed by atoms with Crippen LogP contribution in [0.15, 0.2) is 47.3 Å². The largest absolute Gasteiger partial charge is 0.511 e. The number of hydrogen-bond donors (Lipinski definition) is 2. The van der Waals surface area contributed by atoms with Crippen molar-refractivity contribution in [2.45, 2.75) is 65.8 Å². The molecular formula is C22H36N2O4S. The maximum atomic E-state index is 11.7. The number of hydrogen-bond acceptors (Lipinski definition) is 5. The zero-order valence-electron chi connectivity index (χ0n) is 18.2. The maximum Gasteiger partial charge on any atom is 0.227 e. The Hall–Kier alpha value is -2.02. The molecule has 0 radical (unpaired) electrons. The lowest BCUT2D eigenvalue weighted by atomic mass is 10.1. The SMILES string of the molecule is C=C(O)C(CSC/C=C(\C)CC/C=C(\C)CCC=C(C)C)NC(=O)CC[N+](=O)[O-]. The first-order valence-corrected chi connectivity index (χ1v) is 11.1. The van der Waals surface area contributed by atoms with Gasteiger partial charge in [-0.15, -0.1) is 0 Å². The molecule has 0 fully saturated rings. The van der Waals surface area contributed by atoms with E-state index >= 15 is 0 Å². The Morgan fingerprint density at radius 2 is 1.69 bits per heavy atom. The highest BCUT2D eigenvalue weighted by Crippen LogP contribution is 2.13.